The number of carbonyl (C=O) groups excluding carboxylic acids is 1. The summed E-state index contributed by atoms with van der Waals surface area (Å²) in [5, 5.41) is 0.608. The van der Waals surface area contributed by atoms with Crippen LogP contribution in [0.15, 0.2) is 61.9 Å². The number of ether oxygens (including phenoxy) is 3. The molecule has 1 aromatic heterocycles. The van der Waals surface area contributed by atoms with E-state index in [-0.39, 0.29) is 17.7 Å². The molecule has 0 spiro atoms. The Hall–Kier alpha value is -2.88. The largest absolute Gasteiger partial charge is 0.493 e. The zero-order valence-electron chi connectivity index (χ0n) is 19.4. The van der Waals surface area contributed by atoms with Gasteiger partial charge in [-0.3, -0.25) is 9.36 Å². The highest BCUT2D eigenvalue weighted by atomic mass is 79.9. The summed E-state index contributed by atoms with van der Waals surface area (Å²) in [6.07, 6.45) is 1.78. The second kappa shape index (κ2) is 10.4. The third-order valence-corrected chi connectivity index (χ3v) is 7.40. The summed E-state index contributed by atoms with van der Waals surface area (Å²) < 4.78 is 18.9. The first-order valence-corrected chi connectivity index (χ1v) is 12.6. The molecule has 0 saturated heterocycles. The Balaban J connectivity index is 2.01. The zero-order valence-corrected chi connectivity index (χ0v) is 22.6. The number of aromatic nitrogens is 1. The summed E-state index contributed by atoms with van der Waals surface area (Å²) in [5.74, 6) is 0.441. The smallest absolute Gasteiger partial charge is 0.338 e. The number of halogens is 2. The van der Waals surface area contributed by atoms with Crippen molar-refractivity contribution in [3.8, 4) is 11.5 Å². The zero-order chi connectivity index (χ0) is 25.3. The fraction of sp³-hybridized carbons (Fsp3) is 0.240. The fourth-order valence-corrected chi connectivity index (χ4v) is 5.59. The molecule has 1 aliphatic rings. The SMILES string of the molecule is CCOC(=O)C1=C(C)N=c2s/c(=C\c3ccc(Cl)cc3)c(=O)n2[C@@H]1c1cc(OC)c(OC)cc1Br. The number of hydrogen-bond acceptors (Lipinski definition) is 7. The van der Waals surface area contributed by atoms with Crippen molar-refractivity contribution in [2.24, 2.45) is 4.99 Å². The first kappa shape index (κ1) is 25.2. The minimum atomic E-state index is -0.785. The maximum absolute atomic E-state index is 13.7. The van der Waals surface area contributed by atoms with Gasteiger partial charge in [-0.1, -0.05) is 51.0 Å². The summed E-state index contributed by atoms with van der Waals surface area (Å²) in [7, 11) is 3.07. The van der Waals surface area contributed by atoms with Gasteiger partial charge >= 0.3 is 5.97 Å². The molecule has 4 rings (SSSR count). The van der Waals surface area contributed by atoms with Crippen LogP contribution in [0.4, 0.5) is 0 Å². The molecular formula is C25H22BrClN2O5S. The molecule has 0 fully saturated rings. The van der Waals surface area contributed by atoms with Gasteiger partial charge in [0.1, 0.15) is 0 Å². The van der Waals surface area contributed by atoms with Gasteiger partial charge in [-0.2, -0.15) is 0 Å². The van der Waals surface area contributed by atoms with Crippen molar-refractivity contribution in [1.82, 2.24) is 4.57 Å². The van der Waals surface area contributed by atoms with Crippen molar-refractivity contribution in [3.05, 3.63) is 88.0 Å². The monoisotopic (exact) mass is 576 g/mol. The van der Waals surface area contributed by atoms with E-state index in [1.54, 1.807) is 44.2 Å². The lowest BCUT2D eigenvalue weighted by Gasteiger charge is -2.26. The average Bonchev–Trinajstić information content (AvgIpc) is 3.14. The van der Waals surface area contributed by atoms with Crippen molar-refractivity contribution in [2.75, 3.05) is 20.8 Å². The maximum atomic E-state index is 13.7. The number of carbonyl (C=O) groups is 1. The number of benzene rings is 2. The Kier molecular flexibility index (Phi) is 7.49. The first-order valence-electron chi connectivity index (χ1n) is 10.7. The first-order chi connectivity index (χ1) is 16.8. The van der Waals surface area contributed by atoms with E-state index >= 15 is 0 Å². The lowest BCUT2D eigenvalue weighted by molar-refractivity contribution is -0.139. The minimum Gasteiger partial charge on any atom is -0.493 e. The quantitative estimate of drug-likeness (QED) is 0.410. The van der Waals surface area contributed by atoms with Gasteiger partial charge in [-0.15, -0.1) is 0 Å². The van der Waals surface area contributed by atoms with Crippen LogP contribution in [-0.2, 0) is 9.53 Å². The van der Waals surface area contributed by atoms with Crippen LogP contribution >= 0.6 is 38.9 Å². The standard InChI is InChI=1S/C25H22BrClN2O5S/c1-5-34-24(31)21-13(2)28-25-29(22(21)16-11-18(32-3)19(33-4)12-17(16)26)23(30)20(35-25)10-14-6-8-15(27)9-7-14/h6-12,22H,5H2,1-4H3/b20-10-/t22-/m1/s1. The van der Waals surface area contributed by atoms with Crippen molar-refractivity contribution >= 4 is 50.9 Å². The van der Waals surface area contributed by atoms with Crippen molar-refractivity contribution in [3.63, 3.8) is 0 Å². The van der Waals surface area contributed by atoms with E-state index in [4.69, 9.17) is 25.8 Å². The molecule has 10 heteroatoms. The number of nitrogens with zero attached hydrogens (tertiary/aromatic N) is 2. The predicted octanol–water partition coefficient (Wildman–Crippen LogP) is 4.23. The molecule has 1 aliphatic heterocycles. The van der Waals surface area contributed by atoms with Gasteiger partial charge in [0.2, 0.25) is 0 Å². The Morgan fingerprint density at radius 2 is 1.86 bits per heavy atom. The predicted molar refractivity (Wildman–Crippen MR) is 139 cm³/mol. The van der Waals surface area contributed by atoms with Crippen LogP contribution in [0.2, 0.25) is 5.02 Å². The van der Waals surface area contributed by atoms with Gasteiger partial charge in [0.25, 0.3) is 5.56 Å². The third kappa shape index (κ3) is 4.80. The molecular weight excluding hydrogens is 556 g/mol. The molecule has 3 aromatic rings. The number of esters is 1. The molecule has 0 saturated carbocycles. The van der Waals surface area contributed by atoms with E-state index in [1.807, 2.05) is 12.1 Å². The Morgan fingerprint density at radius 3 is 2.49 bits per heavy atom. The fourth-order valence-electron chi connectivity index (χ4n) is 3.88. The van der Waals surface area contributed by atoms with E-state index in [2.05, 4.69) is 20.9 Å². The summed E-state index contributed by atoms with van der Waals surface area (Å²) in [5.41, 5.74) is 1.95. The summed E-state index contributed by atoms with van der Waals surface area (Å²) in [4.78, 5) is 31.9. The van der Waals surface area contributed by atoms with Gasteiger partial charge in [0.15, 0.2) is 16.3 Å². The number of fused-ring (bicyclic) bond motifs is 1. The highest BCUT2D eigenvalue weighted by Gasteiger charge is 2.35. The van der Waals surface area contributed by atoms with E-state index < -0.39 is 12.0 Å². The molecule has 0 bridgehead atoms. The van der Waals surface area contributed by atoms with Crippen LogP contribution in [0.3, 0.4) is 0 Å². The van der Waals surface area contributed by atoms with Crippen molar-refractivity contribution in [2.45, 2.75) is 19.9 Å². The normalized spacial score (nSPS) is 15.5. The van der Waals surface area contributed by atoms with Crippen LogP contribution in [0.25, 0.3) is 6.08 Å². The molecule has 7 nitrogen and oxygen atoms in total. The van der Waals surface area contributed by atoms with Crippen LogP contribution in [0, 0.1) is 0 Å². The Labute approximate surface area is 219 Å². The number of rotatable bonds is 6. The second-order valence-corrected chi connectivity index (χ2v) is 9.88. The van der Waals surface area contributed by atoms with Gasteiger partial charge < -0.3 is 14.2 Å². The van der Waals surface area contributed by atoms with Gasteiger partial charge in [0, 0.05) is 9.50 Å². The maximum Gasteiger partial charge on any atom is 0.338 e. The highest BCUT2D eigenvalue weighted by molar-refractivity contribution is 9.10. The van der Waals surface area contributed by atoms with Gasteiger partial charge in [0.05, 0.1) is 42.7 Å². The summed E-state index contributed by atoms with van der Waals surface area (Å²) in [6.45, 7) is 3.66. The van der Waals surface area contributed by atoms with E-state index in [0.717, 1.165) is 5.56 Å². The topological polar surface area (TPSA) is 79.1 Å². The number of methoxy groups -OCH3 is 2. The number of allylic oxidation sites excluding steroid dienone is 1. The molecule has 35 heavy (non-hydrogen) atoms. The van der Waals surface area contributed by atoms with Crippen LogP contribution < -0.4 is 24.4 Å². The number of thiazole rings is 1. The van der Waals surface area contributed by atoms with E-state index in [1.165, 1.54) is 30.1 Å². The van der Waals surface area contributed by atoms with Gasteiger partial charge in [-0.25, -0.2) is 9.79 Å². The molecule has 0 amide bonds. The molecule has 0 N–H and O–H groups in total. The van der Waals surface area contributed by atoms with Crippen molar-refractivity contribution in [1.29, 1.82) is 0 Å². The van der Waals surface area contributed by atoms with Crippen LogP contribution in [0.5, 0.6) is 11.5 Å². The molecule has 0 unspecified atom stereocenters. The summed E-state index contributed by atoms with van der Waals surface area (Å²) in [6, 6.07) is 9.90. The molecule has 2 aromatic carbocycles. The molecule has 0 radical (unpaired) electrons. The number of hydrogen-bond donors (Lipinski definition) is 0. The van der Waals surface area contributed by atoms with E-state index in [0.29, 0.717) is 41.6 Å². The van der Waals surface area contributed by atoms with E-state index in [9.17, 15) is 9.59 Å². The van der Waals surface area contributed by atoms with Crippen molar-refractivity contribution < 1.29 is 19.0 Å². The van der Waals surface area contributed by atoms with Gasteiger partial charge in [-0.05, 0) is 55.3 Å². The molecule has 2 heterocycles. The molecule has 0 aliphatic carbocycles. The lowest BCUT2D eigenvalue weighted by atomic mass is 9.95. The highest BCUT2D eigenvalue weighted by Crippen LogP contribution is 2.40. The lowest BCUT2D eigenvalue weighted by Crippen LogP contribution is -2.40. The summed E-state index contributed by atoms with van der Waals surface area (Å²) >= 11 is 10.8. The molecule has 1 atom stereocenters. The Bertz CT molecular complexity index is 1510. The average molecular weight is 578 g/mol. The minimum absolute atomic E-state index is 0.191. The Morgan fingerprint density at radius 1 is 1.20 bits per heavy atom. The second-order valence-electron chi connectivity index (χ2n) is 7.58. The van der Waals surface area contributed by atoms with Crippen LogP contribution in [0.1, 0.15) is 31.0 Å². The third-order valence-electron chi connectivity index (χ3n) is 5.48. The molecule has 182 valence electrons. The van der Waals surface area contributed by atoms with Crippen LogP contribution in [-0.4, -0.2) is 31.4 Å².